The predicted octanol–water partition coefficient (Wildman–Crippen LogP) is 2.91. The lowest BCUT2D eigenvalue weighted by atomic mass is 9.83. The van der Waals surface area contributed by atoms with Crippen LogP contribution in [0, 0.1) is 17.1 Å². The Bertz CT molecular complexity index is 853. The van der Waals surface area contributed by atoms with Crippen LogP contribution in [0.2, 0.25) is 0 Å². The van der Waals surface area contributed by atoms with Crippen LogP contribution in [0.5, 0.6) is 0 Å². The lowest BCUT2D eigenvalue weighted by Crippen LogP contribution is -2.44. The lowest BCUT2D eigenvalue weighted by molar-refractivity contribution is -0.114. The number of methoxy groups -OCH3 is 1. The van der Waals surface area contributed by atoms with Gasteiger partial charge in [0.25, 0.3) is 0 Å². The Hall–Kier alpha value is -2.23. The van der Waals surface area contributed by atoms with Crippen LogP contribution in [-0.4, -0.2) is 41.6 Å². The van der Waals surface area contributed by atoms with Gasteiger partial charge in [0.05, 0.1) is 16.9 Å². The number of hydrogen-bond acceptors (Lipinski definition) is 5. The van der Waals surface area contributed by atoms with Crippen LogP contribution in [0.25, 0.3) is 5.70 Å². The zero-order valence-electron chi connectivity index (χ0n) is 16.2. The van der Waals surface area contributed by atoms with Gasteiger partial charge in [0, 0.05) is 37.7 Å². The van der Waals surface area contributed by atoms with E-state index in [2.05, 4.69) is 6.07 Å². The molecule has 0 saturated carbocycles. The summed E-state index contributed by atoms with van der Waals surface area (Å²) < 4.78 is 20.1. The van der Waals surface area contributed by atoms with Gasteiger partial charge < -0.3 is 14.7 Å². The standard InChI is InChI=1S/C21H25FN2O3/c1-20(2,26)16-11-14-13(9-17(16)22)10-18(25)15(12-23)19(14)24-7-5-21(3,27-4)6-8-24/h9,11,26H,5-8,10H2,1-4H3. The SMILES string of the molecule is COC1(C)CCN(C2=C(C#N)C(=O)Cc3cc(F)c(C(C)(C)O)cc32)CC1. The van der Waals surface area contributed by atoms with E-state index in [1.54, 1.807) is 13.2 Å². The monoisotopic (exact) mass is 372 g/mol. The Labute approximate surface area is 159 Å². The minimum atomic E-state index is -1.37. The van der Waals surface area contributed by atoms with Gasteiger partial charge in [0.15, 0.2) is 5.78 Å². The van der Waals surface area contributed by atoms with Gasteiger partial charge in [0.1, 0.15) is 17.5 Å². The fourth-order valence-corrected chi connectivity index (χ4v) is 3.83. The van der Waals surface area contributed by atoms with Crippen LogP contribution in [0.3, 0.4) is 0 Å². The van der Waals surface area contributed by atoms with Crippen molar-refractivity contribution in [3.8, 4) is 6.07 Å². The smallest absolute Gasteiger partial charge is 0.179 e. The zero-order valence-corrected chi connectivity index (χ0v) is 16.2. The first-order valence-electron chi connectivity index (χ1n) is 9.13. The van der Waals surface area contributed by atoms with Crippen LogP contribution >= 0.6 is 0 Å². The summed E-state index contributed by atoms with van der Waals surface area (Å²) in [6, 6.07) is 4.96. The number of nitrogens with zero attached hydrogens (tertiary/aromatic N) is 2. The number of aliphatic hydroxyl groups is 1. The molecule has 144 valence electrons. The van der Waals surface area contributed by atoms with E-state index in [1.807, 2.05) is 11.8 Å². The van der Waals surface area contributed by atoms with Gasteiger partial charge in [-0.15, -0.1) is 0 Å². The summed E-state index contributed by atoms with van der Waals surface area (Å²) in [5.74, 6) is -0.838. The summed E-state index contributed by atoms with van der Waals surface area (Å²) >= 11 is 0. The second-order valence-electron chi connectivity index (χ2n) is 8.12. The molecule has 1 aromatic carbocycles. The molecule has 3 rings (SSSR count). The van der Waals surface area contributed by atoms with Crippen molar-refractivity contribution in [2.24, 2.45) is 0 Å². The van der Waals surface area contributed by atoms with Gasteiger partial charge >= 0.3 is 0 Å². The second-order valence-corrected chi connectivity index (χ2v) is 8.12. The molecule has 1 N–H and O–H groups in total. The number of fused-ring (bicyclic) bond motifs is 1. The van der Waals surface area contributed by atoms with E-state index in [-0.39, 0.29) is 28.9 Å². The topological polar surface area (TPSA) is 73.6 Å². The highest BCUT2D eigenvalue weighted by atomic mass is 19.1. The van der Waals surface area contributed by atoms with Gasteiger partial charge in [-0.05, 0) is 51.3 Å². The Kier molecular flexibility index (Phi) is 4.87. The first kappa shape index (κ1) is 19.5. The van der Waals surface area contributed by atoms with E-state index in [9.17, 15) is 19.6 Å². The molecule has 0 unspecified atom stereocenters. The maximum absolute atomic E-state index is 14.5. The number of carbonyl (C=O) groups excluding carboxylic acids is 1. The lowest BCUT2D eigenvalue weighted by Gasteiger charge is -2.41. The number of ketones is 1. The van der Waals surface area contributed by atoms with Crippen LogP contribution in [0.15, 0.2) is 17.7 Å². The summed E-state index contributed by atoms with van der Waals surface area (Å²) in [4.78, 5) is 14.5. The number of hydrogen-bond donors (Lipinski definition) is 1. The third-order valence-corrected chi connectivity index (χ3v) is 5.72. The Balaban J connectivity index is 2.12. The van der Waals surface area contributed by atoms with E-state index >= 15 is 0 Å². The van der Waals surface area contributed by atoms with Crippen LogP contribution in [-0.2, 0) is 21.6 Å². The van der Waals surface area contributed by atoms with Crippen molar-refractivity contribution in [3.05, 3.63) is 40.2 Å². The molecule has 0 amide bonds. The first-order valence-corrected chi connectivity index (χ1v) is 9.13. The molecule has 1 aliphatic heterocycles. The average Bonchev–Trinajstić information content (AvgIpc) is 2.60. The molecule has 2 aliphatic rings. The Morgan fingerprint density at radius 1 is 1.33 bits per heavy atom. The Morgan fingerprint density at radius 3 is 2.48 bits per heavy atom. The van der Waals surface area contributed by atoms with Crippen molar-refractivity contribution >= 4 is 11.5 Å². The number of Topliss-reactive ketones (excluding diaryl/α,β-unsaturated/α-hetero) is 1. The van der Waals surface area contributed by atoms with E-state index in [0.29, 0.717) is 29.9 Å². The number of likely N-dealkylation sites (tertiary alicyclic amines) is 1. The van der Waals surface area contributed by atoms with E-state index in [4.69, 9.17) is 4.74 Å². The van der Waals surface area contributed by atoms with Gasteiger partial charge in [-0.25, -0.2) is 4.39 Å². The number of ether oxygens (including phenoxy) is 1. The predicted molar refractivity (Wildman–Crippen MR) is 99.1 cm³/mol. The maximum Gasteiger partial charge on any atom is 0.179 e. The molecule has 6 heteroatoms. The summed E-state index contributed by atoms with van der Waals surface area (Å²) in [6.45, 7) is 6.35. The molecule has 0 atom stereocenters. The largest absolute Gasteiger partial charge is 0.386 e. The van der Waals surface area contributed by atoms with Crippen LogP contribution in [0.4, 0.5) is 4.39 Å². The van der Waals surface area contributed by atoms with Crippen LogP contribution in [0.1, 0.15) is 50.3 Å². The third-order valence-electron chi connectivity index (χ3n) is 5.72. The summed E-state index contributed by atoms with van der Waals surface area (Å²) in [7, 11) is 1.69. The van der Waals surface area contributed by atoms with Gasteiger partial charge in [-0.3, -0.25) is 4.79 Å². The fourth-order valence-electron chi connectivity index (χ4n) is 3.83. The summed E-state index contributed by atoms with van der Waals surface area (Å²) in [5, 5.41) is 19.9. The van der Waals surface area contributed by atoms with E-state index in [1.165, 1.54) is 19.9 Å². The number of allylic oxidation sites excluding steroid dienone is 1. The van der Waals surface area contributed by atoms with Crippen molar-refractivity contribution in [1.82, 2.24) is 4.90 Å². The minimum absolute atomic E-state index is 0.00555. The molecule has 1 heterocycles. The molecular weight excluding hydrogens is 347 g/mol. The van der Waals surface area contributed by atoms with E-state index < -0.39 is 11.4 Å². The number of halogens is 1. The number of rotatable bonds is 3. The number of carbonyl (C=O) groups is 1. The molecule has 0 spiro atoms. The van der Waals surface area contributed by atoms with Crippen molar-refractivity contribution in [2.75, 3.05) is 20.2 Å². The molecule has 5 nitrogen and oxygen atoms in total. The Morgan fingerprint density at radius 2 is 1.96 bits per heavy atom. The second kappa shape index (κ2) is 6.74. The summed E-state index contributed by atoms with van der Waals surface area (Å²) in [5.41, 5.74) is 0.431. The van der Waals surface area contributed by atoms with Crippen LogP contribution < -0.4 is 0 Å². The molecule has 0 aromatic heterocycles. The zero-order chi connectivity index (χ0) is 20.0. The highest BCUT2D eigenvalue weighted by Crippen LogP contribution is 2.38. The fraction of sp³-hybridized carbons (Fsp3) is 0.524. The highest BCUT2D eigenvalue weighted by molar-refractivity contribution is 6.10. The van der Waals surface area contributed by atoms with Gasteiger partial charge in [-0.2, -0.15) is 5.26 Å². The summed E-state index contributed by atoms with van der Waals surface area (Å²) in [6.07, 6.45) is 1.51. The first-order chi connectivity index (χ1) is 12.6. The molecule has 1 saturated heterocycles. The van der Waals surface area contributed by atoms with Crippen molar-refractivity contribution in [3.63, 3.8) is 0 Å². The number of piperidine rings is 1. The molecule has 1 aromatic rings. The van der Waals surface area contributed by atoms with Gasteiger partial charge in [0.2, 0.25) is 0 Å². The third kappa shape index (κ3) is 3.50. The van der Waals surface area contributed by atoms with Crippen molar-refractivity contribution < 1.29 is 19.0 Å². The molecular formula is C21H25FN2O3. The van der Waals surface area contributed by atoms with Gasteiger partial charge in [-0.1, -0.05) is 0 Å². The maximum atomic E-state index is 14.5. The molecule has 27 heavy (non-hydrogen) atoms. The van der Waals surface area contributed by atoms with Crippen molar-refractivity contribution in [1.29, 1.82) is 5.26 Å². The molecule has 0 bridgehead atoms. The highest BCUT2D eigenvalue weighted by Gasteiger charge is 2.36. The van der Waals surface area contributed by atoms with Crippen molar-refractivity contribution in [2.45, 2.75) is 51.2 Å². The molecule has 1 fully saturated rings. The number of nitriles is 1. The van der Waals surface area contributed by atoms with E-state index in [0.717, 1.165) is 12.8 Å². The quantitative estimate of drug-likeness (QED) is 0.883. The molecule has 0 radical (unpaired) electrons. The minimum Gasteiger partial charge on any atom is -0.386 e. The average molecular weight is 372 g/mol. The molecule has 1 aliphatic carbocycles. The number of benzene rings is 1. The normalized spacial score (nSPS) is 19.7.